The van der Waals surface area contributed by atoms with Crippen LogP contribution in [0.3, 0.4) is 0 Å². The van der Waals surface area contributed by atoms with Crippen molar-refractivity contribution >= 4 is 41.5 Å². The number of carbonyl (C=O) groups excluding carboxylic acids is 1. The molecule has 2 atom stereocenters. The lowest BCUT2D eigenvalue weighted by molar-refractivity contribution is 0.0919. The van der Waals surface area contributed by atoms with Crippen LogP contribution in [0.1, 0.15) is 35.5 Å². The van der Waals surface area contributed by atoms with Crippen molar-refractivity contribution in [3.8, 4) is 5.75 Å². The van der Waals surface area contributed by atoms with Crippen LogP contribution in [0, 0.1) is 5.92 Å². The van der Waals surface area contributed by atoms with Gasteiger partial charge in [0.2, 0.25) is 0 Å². The fraction of sp³-hybridized carbons (Fsp3) is 0.412. The van der Waals surface area contributed by atoms with E-state index in [-0.39, 0.29) is 36.7 Å². The van der Waals surface area contributed by atoms with E-state index in [1.807, 2.05) is 0 Å². The van der Waals surface area contributed by atoms with Gasteiger partial charge in [0.25, 0.3) is 5.91 Å². The molecular weight excluding hydrogens is 401 g/mol. The van der Waals surface area contributed by atoms with Crippen molar-refractivity contribution in [1.29, 1.82) is 0 Å². The number of halogens is 3. The van der Waals surface area contributed by atoms with E-state index in [0.29, 0.717) is 34.0 Å². The number of aromatic nitrogens is 1. The fourth-order valence-electron chi connectivity index (χ4n) is 3.00. The third kappa shape index (κ3) is 4.82. The molecule has 0 saturated heterocycles. The van der Waals surface area contributed by atoms with Crippen molar-refractivity contribution < 1.29 is 14.1 Å². The van der Waals surface area contributed by atoms with Gasteiger partial charge in [-0.3, -0.25) is 4.79 Å². The lowest BCUT2D eigenvalue weighted by Gasteiger charge is -2.18. The summed E-state index contributed by atoms with van der Waals surface area (Å²) in [5.41, 5.74) is 5.95. The number of para-hydroxylation sites is 1. The molecule has 3 rings (SSSR count). The smallest absolute Gasteiger partial charge is 0.273 e. The Morgan fingerprint density at radius 1 is 1.35 bits per heavy atom. The highest BCUT2D eigenvalue weighted by Gasteiger charge is 2.28. The monoisotopic (exact) mass is 419 g/mol. The van der Waals surface area contributed by atoms with Crippen LogP contribution in [0.5, 0.6) is 5.75 Å². The van der Waals surface area contributed by atoms with E-state index in [1.54, 1.807) is 24.3 Å². The first-order valence-corrected chi connectivity index (χ1v) is 8.87. The van der Waals surface area contributed by atoms with Gasteiger partial charge in [0.1, 0.15) is 6.61 Å². The Labute approximate surface area is 167 Å². The Morgan fingerprint density at radius 3 is 2.77 bits per heavy atom. The summed E-state index contributed by atoms with van der Waals surface area (Å²) in [5, 5.41) is 7.58. The van der Waals surface area contributed by atoms with Gasteiger partial charge in [-0.25, -0.2) is 0 Å². The van der Waals surface area contributed by atoms with E-state index in [4.69, 9.17) is 38.2 Å². The molecule has 26 heavy (non-hydrogen) atoms. The Kier molecular flexibility index (Phi) is 7.58. The molecule has 9 heteroatoms. The molecule has 1 aliphatic rings. The summed E-state index contributed by atoms with van der Waals surface area (Å²) in [6.45, 7) is 0.639. The number of amides is 1. The van der Waals surface area contributed by atoms with Gasteiger partial charge in [-0.05, 0) is 37.4 Å². The third-order valence-corrected chi connectivity index (χ3v) is 4.94. The molecule has 1 heterocycles. The average molecular weight is 421 g/mol. The second-order valence-electron chi connectivity index (χ2n) is 6.02. The SMILES string of the molecule is Cl.NCC1CCCC1NC(=O)c1cc(COc2c(Cl)cccc2Cl)on1. The van der Waals surface area contributed by atoms with Crippen molar-refractivity contribution in [1.82, 2.24) is 10.5 Å². The van der Waals surface area contributed by atoms with Crippen LogP contribution < -0.4 is 15.8 Å². The normalized spacial score (nSPS) is 19.0. The van der Waals surface area contributed by atoms with Crippen molar-refractivity contribution in [3.05, 3.63) is 45.8 Å². The second kappa shape index (κ2) is 9.46. The van der Waals surface area contributed by atoms with E-state index >= 15 is 0 Å². The Balaban J connectivity index is 0.00000243. The summed E-state index contributed by atoms with van der Waals surface area (Å²) < 4.78 is 10.7. The van der Waals surface area contributed by atoms with Crippen LogP contribution in [-0.2, 0) is 6.61 Å². The van der Waals surface area contributed by atoms with Gasteiger partial charge in [0.15, 0.2) is 17.2 Å². The highest BCUT2D eigenvalue weighted by atomic mass is 35.5. The number of nitrogens with one attached hydrogen (secondary N) is 1. The van der Waals surface area contributed by atoms with Gasteiger partial charge in [0, 0.05) is 12.1 Å². The molecule has 1 aliphatic carbocycles. The molecule has 2 unspecified atom stereocenters. The predicted molar refractivity (Wildman–Crippen MR) is 102 cm³/mol. The van der Waals surface area contributed by atoms with E-state index < -0.39 is 0 Å². The Hall–Kier alpha value is -1.47. The molecule has 1 aromatic heterocycles. The molecule has 0 radical (unpaired) electrons. The van der Waals surface area contributed by atoms with E-state index in [1.165, 1.54) is 0 Å². The number of carbonyl (C=O) groups is 1. The number of nitrogens with two attached hydrogens (primary N) is 1. The zero-order chi connectivity index (χ0) is 17.8. The summed E-state index contributed by atoms with van der Waals surface area (Å²) >= 11 is 12.1. The standard InChI is InChI=1S/C17H19Cl2N3O3.ClH/c18-12-4-2-5-13(19)16(12)24-9-11-7-15(22-25-11)17(23)21-14-6-1-3-10(14)8-20;/h2,4-5,7,10,14H,1,3,6,8-9,20H2,(H,21,23);1H. The lowest BCUT2D eigenvalue weighted by Crippen LogP contribution is -2.39. The second-order valence-corrected chi connectivity index (χ2v) is 6.84. The van der Waals surface area contributed by atoms with Crippen LogP contribution in [0.15, 0.2) is 28.8 Å². The molecule has 142 valence electrons. The Morgan fingerprint density at radius 2 is 2.08 bits per heavy atom. The molecular formula is C17H20Cl3N3O3. The van der Waals surface area contributed by atoms with Gasteiger partial charge < -0.3 is 20.3 Å². The number of nitrogens with zero attached hydrogens (tertiary/aromatic N) is 1. The minimum Gasteiger partial charge on any atom is -0.482 e. The van der Waals surface area contributed by atoms with E-state index in [9.17, 15) is 4.79 Å². The molecule has 2 aromatic rings. The maximum atomic E-state index is 12.3. The summed E-state index contributed by atoms with van der Waals surface area (Å²) in [6, 6.07) is 6.73. The maximum absolute atomic E-state index is 12.3. The highest BCUT2D eigenvalue weighted by Crippen LogP contribution is 2.33. The Bertz CT molecular complexity index is 734. The van der Waals surface area contributed by atoms with Crippen molar-refractivity contribution in [2.45, 2.75) is 31.9 Å². The van der Waals surface area contributed by atoms with E-state index in [2.05, 4.69) is 10.5 Å². The minimum absolute atomic E-state index is 0. The molecule has 1 fully saturated rings. The molecule has 0 spiro atoms. The fourth-order valence-corrected chi connectivity index (χ4v) is 3.51. The quantitative estimate of drug-likeness (QED) is 0.741. The van der Waals surface area contributed by atoms with Crippen molar-refractivity contribution in [2.24, 2.45) is 11.7 Å². The summed E-state index contributed by atoms with van der Waals surface area (Å²) in [7, 11) is 0. The van der Waals surface area contributed by atoms with Crippen molar-refractivity contribution in [3.63, 3.8) is 0 Å². The van der Waals surface area contributed by atoms with Crippen LogP contribution in [0.4, 0.5) is 0 Å². The van der Waals surface area contributed by atoms with Crippen molar-refractivity contribution in [2.75, 3.05) is 6.54 Å². The number of benzene rings is 1. The minimum atomic E-state index is -0.267. The number of rotatable bonds is 6. The average Bonchev–Trinajstić information content (AvgIpc) is 3.23. The third-order valence-electron chi connectivity index (χ3n) is 4.35. The summed E-state index contributed by atoms with van der Waals surface area (Å²) in [4.78, 5) is 12.3. The molecule has 1 saturated carbocycles. The topological polar surface area (TPSA) is 90.4 Å². The first kappa shape index (κ1) is 20.8. The number of ether oxygens (including phenoxy) is 1. The van der Waals surface area contributed by atoms with Gasteiger partial charge in [-0.15, -0.1) is 12.4 Å². The van der Waals surface area contributed by atoms with Crippen LogP contribution in [0.25, 0.3) is 0 Å². The molecule has 1 amide bonds. The summed E-state index contributed by atoms with van der Waals surface area (Å²) in [6.07, 6.45) is 3.05. The lowest BCUT2D eigenvalue weighted by atomic mass is 10.0. The first-order chi connectivity index (χ1) is 12.1. The zero-order valence-corrected chi connectivity index (χ0v) is 16.2. The largest absolute Gasteiger partial charge is 0.482 e. The van der Waals surface area contributed by atoms with Gasteiger partial charge >= 0.3 is 0 Å². The van der Waals surface area contributed by atoms with E-state index in [0.717, 1.165) is 19.3 Å². The van der Waals surface area contributed by atoms with Crippen LogP contribution >= 0.6 is 35.6 Å². The van der Waals surface area contributed by atoms with Gasteiger partial charge in [-0.2, -0.15) is 0 Å². The number of hydrogen-bond acceptors (Lipinski definition) is 5. The molecule has 0 bridgehead atoms. The molecule has 0 aliphatic heterocycles. The zero-order valence-electron chi connectivity index (χ0n) is 13.9. The maximum Gasteiger partial charge on any atom is 0.273 e. The first-order valence-electron chi connectivity index (χ1n) is 8.12. The molecule has 3 N–H and O–H groups in total. The predicted octanol–water partition coefficient (Wildman–Crippen LogP) is 3.84. The molecule has 1 aromatic carbocycles. The highest BCUT2D eigenvalue weighted by molar-refractivity contribution is 6.37. The number of hydrogen-bond donors (Lipinski definition) is 2. The van der Waals surface area contributed by atoms with Crippen LogP contribution in [0.2, 0.25) is 10.0 Å². The molecule has 6 nitrogen and oxygen atoms in total. The summed E-state index contributed by atoms with van der Waals surface area (Å²) in [5.74, 6) is 0.824. The van der Waals surface area contributed by atoms with Gasteiger partial charge in [-0.1, -0.05) is 40.8 Å². The van der Waals surface area contributed by atoms with Crippen LogP contribution in [-0.4, -0.2) is 23.7 Å². The van der Waals surface area contributed by atoms with Gasteiger partial charge in [0.05, 0.1) is 10.0 Å².